The number of azo groups is 3. The summed E-state index contributed by atoms with van der Waals surface area (Å²) < 4.78 is 76.0. The van der Waals surface area contributed by atoms with Crippen molar-refractivity contribution in [2.45, 2.75) is 19.6 Å². The monoisotopic (exact) mass is 920 g/mol. The Bertz CT molecular complexity index is 3060. The summed E-state index contributed by atoms with van der Waals surface area (Å²) in [6.45, 7) is 0. The molecular weight excluding hydrogens is 897 g/mol. The third-order valence-electron chi connectivity index (χ3n) is 8.06. The summed E-state index contributed by atoms with van der Waals surface area (Å²) in [6.07, 6.45) is 0. The molecule has 0 saturated heterocycles. The number of hydrogen-bond donors (Lipinski definition) is 10. The van der Waals surface area contributed by atoms with Crippen LogP contribution in [0.15, 0.2) is 118 Å². The molecule has 0 spiro atoms. The van der Waals surface area contributed by atoms with Crippen LogP contribution in [0.4, 0.5) is 45.5 Å². The molecule has 0 aliphatic rings. The smallest absolute Gasteiger partial charge is 0.296 e. The van der Waals surface area contributed by atoms with E-state index in [4.69, 9.17) is 22.0 Å². The molecule has 0 bridgehead atoms. The zero-order valence-corrected chi connectivity index (χ0v) is 32.9. The predicted molar refractivity (Wildman–Crippen MR) is 211 cm³/mol. The zero-order valence-electron chi connectivity index (χ0n) is 29.7. The van der Waals surface area contributed by atoms with Crippen molar-refractivity contribution in [3.8, 4) is 23.0 Å². The lowest BCUT2D eigenvalue weighted by Crippen LogP contribution is -2.00. The molecule has 0 aromatic heterocycles. The molecule has 0 unspecified atom stereocenters. The lowest BCUT2D eigenvalue weighted by Gasteiger charge is -2.12. The Hall–Kier alpha value is -6.48. The predicted octanol–water partition coefficient (Wildman–Crippen LogP) is 8.09. The maximum absolute atomic E-state index is 12.9. The number of aromatic hydroxyl groups is 4. The Morgan fingerprint density at radius 3 is 1.82 bits per heavy atom. The van der Waals surface area contributed by atoms with Crippen LogP contribution in [0.5, 0.6) is 23.0 Å². The first-order chi connectivity index (χ1) is 28.8. The highest BCUT2D eigenvalue weighted by molar-refractivity contribution is 7.95. The van der Waals surface area contributed by atoms with Crippen molar-refractivity contribution in [2.75, 3.05) is 11.5 Å². The van der Waals surface area contributed by atoms with Gasteiger partial charge in [0.05, 0.1) is 39.9 Å². The molecule has 0 aliphatic heterocycles. The fraction of sp³-hybridized carbons (Fsp3) is 0. The first-order valence-corrected chi connectivity index (χ1v) is 20.3. The molecule has 25 nitrogen and oxygen atoms in total. The topological polar surface area (TPSA) is 407 Å². The molecule has 6 aromatic rings. The minimum absolute atomic E-state index is 0.00303. The zero-order chi connectivity index (χ0) is 44.4. The van der Waals surface area contributed by atoms with Gasteiger partial charge in [0.25, 0.3) is 20.2 Å². The van der Waals surface area contributed by atoms with E-state index < -0.39 is 58.7 Å². The highest BCUT2D eigenvalue weighted by atomic mass is 32.2. The molecule has 0 radical (unpaired) electrons. The molecule has 61 heavy (non-hydrogen) atoms. The van der Waals surface area contributed by atoms with Crippen LogP contribution in [0.2, 0.25) is 0 Å². The molecule has 0 atom stereocenters. The maximum Gasteiger partial charge on any atom is 0.296 e. The Morgan fingerprint density at radius 2 is 1.21 bits per heavy atom. The number of anilines is 2. The van der Waals surface area contributed by atoms with Crippen LogP contribution in [-0.4, -0.2) is 61.7 Å². The van der Waals surface area contributed by atoms with E-state index in [1.54, 1.807) is 0 Å². The summed E-state index contributed by atoms with van der Waals surface area (Å²) in [7, 11) is -9.76. The molecule has 0 saturated carbocycles. The Labute approximate surface area is 348 Å². The number of benzene rings is 6. The van der Waals surface area contributed by atoms with E-state index in [1.165, 1.54) is 30.3 Å². The van der Waals surface area contributed by atoms with Crippen LogP contribution in [0.3, 0.4) is 0 Å². The van der Waals surface area contributed by atoms with Gasteiger partial charge in [-0.15, -0.1) is 29.1 Å². The van der Waals surface area contributed by atoms with Gasteiger partial charge in [-0.1, -0.05) is 10.1 Å². The molecule has 0 amide bonds. The first kappa shape index (κ1) is 44.1. The SMILES string of the molecule is Nc1cc(S(=O)(=O)O)cc2cc(SOOO)c(/N=N/c3ccc(/N=[N+](\[O-])c4ccc(/N=N/c5c(S(=O)(=O)O)cc6cc(SOOO)cc(N)c6c5O)c(O)c4)cc3O)c(O)c12. The largest absolute Gasteiger partial charge is 0.594 e. The lowest BCUT2D eigenvalue weighted by atomic mass is 10.1. The van der Waals surface area contributed by atoms with Gasteiger partial charge in [0.2, 0.25) is 5.69 Å². The third-order valence-corrected chi connectivity index (χ3v) is 10.9. The van der Waals surface area contributed by atoms with E-state index in [-0.39, 0.29) is 76.0 Å². The molecule has 0 fully saturated rings. The van der Waals surface area contributed by atoms with Crippen LogP contribution in [-0.2, 0) is 39.0 Å². The van der Waals surface area contributed by atoms with Gasteiger partial charge >= 0.3 is 0 Å². The van der Waals surface area contributed by atoms with Crippen LogP contribution < -0.4 is 11.5 Å². The van der Waals surface area contributed by atoms with Gasteiger partial charge < -0.3 is 37.1 Å². The van der Waals surface area contributed by atoms with Crippen LogP contribution >= 0.6 is 24.1 Å². The van der Waals surface area contributed by atoms with Crippen molar-refractivity contribution in [3.63, 3.8) is 0 Å². The Kier molecular flexibility index (Phi) is 12.7. The number of fused-ring (bicyclic) bond motifs is 2. The normalized spacial score (nSPS) is 12.7. The van der Waals surface area contributed by atoms with Crippen LogP contribution in [0, 0.1) is 5.21 Å². The molecule has 0 heterocycles. The standard InChI is InChI=1S/C32H24N8O17S4/c33-19-11-17(58-56-54-46)5-13-8-26(61(51,52)53)30(32(44)27(13)19)38-36-22-4-2-16(10-24(22)42)40(45)39-15-1-3-21(23(41)9-15)35-37-29-25(59-57-55-47)7-14-6-18(60(48,49)50)12-20(34)28(14)31(29)43/h1-12,41-44,46-47H,33-34H2,(H,48,49,50)(H,51,52,53)/b37-35+,38-36+,40-39-. The summed E-state index contributed by atoms with van der Waals surface area (Å²) in [5.74, 6) is -2.72. The second kappa shape index (κ2) is 17.6. The number of rotatable bonds is 14. The fourth-order valence-electron chi connectivity index (χ4n) is 5.48. The van der Waals surface area contributed by atoms with Crippen molar-refractivity contribution in [1.29, 1.82) is 0 Å². The summed E-state index contributed by atoms with van der Waals surface area (Å²) >= 11 is 0.793. The molecule has 29 heteroatoms. The van der Waals surface area contributed by atoms with Gasteiger partial charge in [-0.05, 0) is 70.2 Å². The average Bonchev–Trinajstić information content (AvgIpc) is 3.18. The van der Waals surface area contributed by atoms with Crippen LogP contribution in [0.25, 0.3) is 21.5 Å². The molecule has 12 N–H and O–H groups in total. The first-order valence-electron chi connectivity index (χ1n) is 15.9. The number of nitrogens with zero attached hydrogens (tertiary/aromatic N) is 6. The minimum Gasteiger partial charge on any atom is -0.594 e. The maximum atomic E-state index is 12.9. The minimum atomic E-state index is -5.06. The number of nitrogens with two attached hydrogens (primary N) is 2. The van der Waals surface area contributed by atoms with Crippen molar-refractivity contribution >= 4 is 111 Å². The van der Waals surface area contributed by atoms with Gasteiger partial charge in [-0.2, -0.15) is 16.8 Å². The van der Waals surface area contributed by atoms with Gasteiger partial charge in [-0.25, -0.2) is 10.5 Å². The third kappa shape index (κ3) is 9.62. The second-order valence-corrected chi connectivity index (χ2v) is 16.2. The number of phenols is 4. The number of hydrogen-bond acceptors (Lipinski definition) is 24. The average molecular weight is 921 g/mol. The van der Waals surface area contributed by atoms with Crippen molar-refractivity contribution in [2.24, 2.45) is 25.6 Å². The molecule has 6 aromatic carbocycles. The molecule has 0 aliphatic carbocycles. The number of nitrogen functional groups attached to an aromatic ring is 2. The van der Waals surface area contributed by atoms with Gasteiger partial charge in [0, 0.05) is 44.3 Å². The van der Waals surface area contributed by atoms with Crippen molar-refractivity contribution in [3.05, 3.63) is 78.0 Å². The van der Waals surface area contributed by atoms with Crippen molar-refractivity contribution in [1.82, 2.24) is 0 Å². The quantitative estimate of drug-likeness (QED) is 0.00937. The summed E-state index contributed by atoms with van der Waals surface area (Å²) in [5, 5.41) is 99.3. The van der Waals surface area contributed by atoms with Gasteiger partial charge in [0.1, 0.15) is 44.8 Å². The van der Waals surface area contributed by atoms with E-state index in [1.807, 2.05) is 0 Å². The van der Waals surface area contributed by atoms with Crippen molar-refractivity contribution < 1.29 is 80.5 Å². The Balaban J connectivity index is 1.26. The highest BCUT2D eigenvalue weighted by Gasteiger charge is 2.25. The molecule has 318 valence electrons. The van der Waals surface area contributed by atoms with E-state index in [9.17, 15) is 51.6 Å². The van der Waals surface area contributed by atoms with E-state index >= 15 is 0 Å². The van der Waals surface area contributed by atoms with Gasteiger partial charge in [0.15, 0.2) is 11.5 Å². The summed E-state index contributed by atoms with van der Waals surface area (Å²) in [6, 6.07) is 13.1. The van der Waals surface area contributed by atoms with Gasteiger partial charge in [-0.3, -0.25) is 9.11 Å². The summed E-state index contributed by atoms with van der Waals surface area (Å²) in [5.41, 5.74) is 9.49. The Morgan fingerprint density at radius 1 is 0.639 bits per heavy atom. The lowest BCUT2D eigenvalue weighted by molar-refractivity contribution is -0.435. The molecule has 6 rings (SSSR count). The number of phenolic OH excluding ortho intramolecular Hbond substituents is 4. The van der Waals surface area contributed by atoms with E-state index in [0.29, 0.717) is 24.1 Å². The van der Waals surface area contributed by atoms with E-state index in [0.717, 1.165) is 42.5 Å². The highest BCUT2D eigenvalue weighted by Crippen LogP contribution is 2.48. The second-order valence-electron chi connectivity index (χ2n) is 11.9. The summed E-state index contributed by atoms with van der Waals surface area (Å²) in [4.78, 5) is -1.36. The van der Waals surface area contributed by atoms with Crippen LogP contribution in [0.1, 0.15) is 0 Å². The molecular formula is C32H24N8O17S4. The fourth-order valence-corrected chi connectivity index (χ4v) is 7.65. The van der Waals surface area contributed by atoms with E-state index in [2.05, 4.69) is 44.3 Å².